The van der Waals surface area contributed by atoms with E-state index in [2.05, 4.69) is 0 Å². The number of ether oxygens (including phenoxy) is 1. The van der Waals surface area contributed by atoms with E-state index in [1.54, 1.807) is 6.07 Å². The van der Waals surface area contributed by atoms with Crippen molar-refractivity contribution in [3.05, 3.63) is 59.6 Å². The molecule has 2 aliphatic heterocycles. The summed E-state index contributed by atoms with van der Waals surface area (Å²) in [5, 5.41) is 10.1. The molecule has 7 nitrogen and oxygen atoms in total. The van der Waals surface area contributed by atoms with Crippen LogP contribution >= 0.6 is 0 Å². The topological polar surface area (TPSA) is 113 Å². The summed E-state index contributed by atoms with van der Waals surface area (Å²) in [5.74, 6) is -3.95. The lowest BCUT2D eigenvalue weighted by Crippen LogP contribution is -2.45. The van der Waals surface area contributed by atoms with E-state index in [1.165, 1.54) is 48.4 Å². The number of nitriles is 1. The molecule has 1 saturated heterocycles. The zero-order chi connectivity index (χ0) is 20.6. The molecule has 0 aromatic heterocycles. The Hall–Kier alpha value is -3.47. The van der Waals surface area contributed by atoms with Gasteiger partial charge in [0.2, 0.25) is 5.91 Å². The molecule has 1 aromatic carbocycles. The van der Waals surface area contributed by atoms with Crippen molar-refractivity contribution in [3.8, 4) is 6.07 Å². The first-order valence-electron chi connectivity index (χ1n) is 8.51. The van der Waals surface area contributed by atoms with E-state index < -0.39 is 41.1 Å². The molecule has 4 atom stereocenters. The lowest BCUT2D eigenvalue weighted by atomic mass is 9.68. The first-order chi connectivity index (χ1) is 13.3. The highest BCUT2D eigenvalue weighted by Gasteiger charge is 2.66. The Balaban J connectivity index is 2.33. The number of carbonyl (C=O) groups is 3. The molecule has 2 heterocycles. The van der Waals surface area contributed by atoms with E-state index in [0.717, 1.165) is 7.11 Å². The van der Waals surface area contributed by atoms with Crippen molar-refractivity contribution in [1.29, 1.82) is 5.26 Å². The van der Waals surface area contributed by atoms with Gasteiger partial charge in [0.1, 0.15) is 11.9 Å². The SMILES string of the molecule is COC(=O)[C@@]1(C#N)[C@H](c2ccccc2F)[C@H](C(N)=O)N2C=C(C(C)=O)C=C[C@H]21. The number of Topliss-reactive ketones (excluding diaryl/α,β-unsaturated/α-hetero) is 1. The van der Waals surface area contributed by atoms with Crippen LogP contribution in [0.2, 0.25) is 0 Å². The van der Waals surface area contributed by atoms with Crippen molar-refractivity contribution < 1.29 is 23.5 Å². The normalized spacial score (nSPS) is 28.1. The van der Waals surface area contributed by atoms with Crippen molar-refractivity contribution in [3.63, 3.8) is 0 Å². The van der Waals surface area contributed by atoms with Crippen LogP contribution in [0, 0.1) is 22.6 Å². The van der Waals surface area contributed by atoms with Crippen LogP contribution in [0.15, 0.2) is 48.2 Å². The third-order valence-corrected chi connectivity index (χ3v) is 5.31. The largest absolute Gasteiger partial charge is 0.468 e. The molecule has 0 spiro atoms. The lowest BCUT2D eigenvalue weighted by molar-refractivity contribution is -0.150. The quantitative estimate of drug-likeness (QED) is 0.781. The predicted octanol–water partition coefficient (Wildman–Crippen LogP) is 1.17. The zero-order valence-electron chi connectivity index (χ0n) is 15.3. The van der Waals surface area contributed by atoms with Crippen molar-refractivity contribution in [2.45, 2.75) is 24.9 Å². The molecule has 8 heteroatoms. The highest BCUT2D eigenvalue weighted by molar-refractivity contribution is 5.97. The number of allylic oxidation sites excluding steroid dienone is 2. The minimum atomic E-state index is -1.94. The van der Waals surface area contributed by atoms with Gasteiger partial charge in [-0.15, -0.1) is 0 Å². The second-order valence-electron chi connectivity index (χ2n) is 6.71. The number of ketones is 1. The summed E-state index contributed by atoms with van der Waals surface area (Å²) in [6, 6.07) is 5.36. The van der Waals surface area contributed by atoms with Crippen LogP contribution in [-0.2, 0) is 19.1 Å². The van der Waals surface area contributed by atoms with Crippen LogP contribution in [0.3, 0.4) is 0 Å². The second-order valence-corrected chi connectivity index (χ2v) is 6.71. The number of amides is 1. The monoisotopic (exact) mass is 383 g/mol. The summed E-state index contributed by atoms with van der Waals surface area (Å²) < 4.78 is 19.6. The Labute approximate surface area is 160 Å². The van der Waals surface area contributed by atoms with E-state index in [-0.39, 0.29) is 16.9 Å². The Morgan fingerprint density at radius 2 is 2.00 bits per heavy atom. The van der Waals surface area contributed by atoms with Gasteiger partial charge < -0.3 is 15.4 Å². The number of nitrogens with two attached hydrogens (primary N) is 1. The summed E-state index contributed by atoms with van der Waals surface area (Å²) >= 11 is 0. The van der Waals surface area contributed by atoms with Gasteiger partial charge in [-0.1, -0.05) is 30.4 Å². The number of rotatable bonds is 4. The third-order valence-electron chi connectivity index (χ3n) is 5.31. The molecule has 2 N–H and O–H groups in total. The van der Waals surface area contributed by atoms with Gasteiger partial charge in [-0.3, -0.25) is 14.4 Å². The van der Waals surface area contributed by atoms with Crippen LogP contribution in [0.5, 0.6) is 0 Å². The Morgan fingerprint density at radius 1 is 1.32 bits per heavy atom. The van der Waals surface area contributed by atoms with Gasteiger partial charge in [-0.25, -0.2) is 4.39 Å². The summed E-state index contributed by atoms with van der Waals surface area (Å²) in [7, 11) is 1.12. The number of primary amides is 1. The summed E-state index contributed by atoms with van der Waals surface area (Å²) in [6.45, 7) is 1.35. The van der Waals surface area contributed by atoms with Crippen molar-refractivity contribution in [2.75, 3.05) is 7.11 Å². The highest BCUT2D eigenvalue weighted by atomic mass is 19.1. The Kier molecular flexibility index (Phi) is 4.77. The maximum Gasteiger partial charge on any atom is 0.329 e. The third kappa shape index (κ3) is 2.59. The molecule has 28 heavy (non-hydrogen) atoms. The first kappa shape index (κ1) is 19.3. The number of carbonyl (C=O) groups excluding carboxylic acids is 3. The number of benzene rings is 1. The van der Waals surface area contributed by atoms with Crippen LogP contribution in [-0.4, -0.2) is 41.8 Å². The molecule has 1 fully saturated rings. The van der Waals surface area contributed by atoms with Gasteiger partial charge >= 0.3 is 5.97 Å². The number of esters is 1. The first-order valence-corrected chi connectivity index (χ1v) is 8.51. The number of halogens is 1. The van der Waals surface area contributed by atoms with Gasteiger partial charge in [0, 0.05) is 17.7 Å². The fraction of sp³-hybridized carbons (Fsp3) is 0.300. The molecule has 0 unspecified atom stereocenters. The Morgan fingerprint density at radius 3 is 2.54 bits per heavy atom. The van der Waals surface area contributed by atoms with E-state index in [1.807, 2.05) is 6.07 Å². The van der Waals surface area contributed by atoms with Gasteiger partial charge in [-0.05, 0) is 18.6 Å². The van der Waals surface area contributed by atoms with Crippen molar-refractivity contribution in [1.82, 2.24) is 4.90 Å². The molecule has 144 valence electrons. The van der Waals surface area contributed by atoms with E-state index in [9.17, 15) is 24.0 Å². The number of nitrogens with zero attached hydrogens (tertiary/aromatic N) is 2. The van der Waals surface area contributed by atoms with Crippen LogP contribution in [0.25, 0.3) is 0 Å². The van der Waals surface area contributed by atoms with Gasteiger partial charge in [0.05, 0.1) is 19.2 Å². The smallest absolute Gasteiger partial charge is 0.329 e. The van der Waals surface area contributed by atoms with Crippen LogP contribution in [0.1, 0.15) is 18.4 Å². The highest BCUT2D eigenvalue weighted by Crippen LogP contribution is 2.54. The molecule has 0 aliphatic carbocycles. The van der Waals surface area contributed by atoms with Crippen molar-refractivity contribution >= 4 is 17.7 Å². The molecule has 1 aromatic rings. The van der Waals surface area contributed by atoms with Crippen LogP contribution < -0.4 is 5.73 Å². The predicted molar refractivity (Wildman–Crippen MR) is 95.7 cm³/mol. The average molecular weight is 383 g/mol. The van der Waals surface area contributed by atoms with Gasteiger partial charge in [-0.2, -0.15) is 5.26 Å². The summed E-state index contributed by atoms with van der Waals surface area (Å²) in [5.41, 5.74) is 3.95. The van der Waals surface area contributed by atoms with E-state index in [0.29, 0.717) is 0 Å². The lowest BCUT2D eigenvalue weighted by Gasteiger charge is -2.32. The number of hydrogen-bond acceptors (Lipinski definition) is 6. The average Bonchev–Trinajstić information content (AvgIpc) is 2.98. The molecule has 3 rings (SSSR count). The molecule has 0 bridgehead atoms. The fourth-order valence-corrected chi connectivity index (χ4v) is 4.08. The second kappa shape index (κ2) is 6.93. The standard InChI is InChI=1S/C20H18FN3O4/c1-11(25)12-7-8-15-20(10-22,19(27)28-2)16(13-5-3-4-6-14(13)21)17(18(23)26)24(15)9-12/h3-9,15-17H,1-2H3,(H2,23,26)/t15-,16+,17+,20+/m0/s1. The molecule has 1 amide bonds. The van der Waals surface area contributed by atoms with Crippen molar-refractivity contribution in [2.24, 2.45) is 11.1 Å². The van der Waals surface area contributed by atoms with Gasteiger partial charge in [0.15, 0.2) is 11.2 Å². The maximum atomic E-state index is 14.7. The van der Waals surface area contributed by atoms with Gasteiger partial charge in [0.25, 0.3) is 0 Å². The minimum absolute atomic E-state index is 0.00109. The minimum Gasteiger partial charge on any atom is -0.468 e. The molecule has 2 aliphatic rings. The molecular weight excluding hydrogens is 365 g/mol. The number of hydrogen-bond donors (Lipinski definition) is 1. The maximum absolute atomic E-state index is 14.7. The molecule has 0 radical (unpaired) electrons. The fourth-order valence-electron chi connectivity index (χ4n) is 4.08. The molecular formula is C20H18FN3O4. The Bertz CT molecular complexity index is 964. The zero-order valence-corrected chi connectivity index (χ0v) is 15.3. The van der Waals surface area contributed by atoms with E-state index >= 15 is 0 Å². The van der Waals surface area contributed by atoms with E-state index in [4.69, 9.17) is 10.5 Å². The van der Waals surface area contributed by atoms with Crippen LogP contribution in [0.4, 0.5) is 4.39 Å². The number of methoxy groups -OCH3 is 1. The summed E-state index contributed by atoms with van der Waals surface area (Å²) in [6.07, 6.45) is 4.34. The number of fused-ring (bicyclic) bond motifs is 1. The summed E-state index contributed by atoms with van der Waals surface area (Å²) in [4.78, 5) is 38.4. The molecule has 0 saturated carbocycles.